The zero-order valence-electron chi connectivity index (χ0n) is 12.4. The molecule has 1 saturated heterocycles. The van der Waals surface area contributed by atoms with Crippen LogP contribution >= 0.6 is 0 Å². The number of nitrogens with zero attached hydrogens (tertiary/aromatic N) is 3. The van der Waals surface area contributed by atoms with Crippen LogP contribution in [-0.2, 0) is 14.1 Å². The van der Waals surface area contributed by atoms with Gasteiger partial charge in [-0.15, -0.1) is 0 Å². The van der Waals surface area contributed by atoms with Crippen molar-refractivity contribution in [2.45, 2.75) is 19.8 Å². The quantitative estimate of drug-likeness (QED) is 0.805. The van der Waals surface area contributed by atoms with Crippen molar-refractivity contribution >= 4 is 22.4 Å². The van der Waals surface area contributed by atoms with E-state index in [0.29, 0.717) is 0 Å². The van der Waals surface area contributed by atoms with E-state index in [2.05, 4.69) is 17.9 Å². The lowest BCUT2D eigenvalue weighted by Gasteiger charge is -2.33. The summed E-state index contributed by atoms with van der Waals surface area (Å²) in [6.45, 7) is 4.38. The first kappa shape index (κ1) is 13.1. The fourth-order valence-electron chi connectivity index (χ4n) is 3.07. The Morgan fingerprint density at radius 1 is 1.10 bits per heavy atom. The van der Waals surface area contributed by atoms with Crippen LogP contribution < -0.4 is 16.3 Å². The Bertz CT molecular complexity index is 705. The highest BCUT2D eigenvalue weighted by atomic mass is 16.1. The third-order valence-corrected chi connectivity index (χ3v) is 4.54. The molecule has 0 spiro atoms. The van der Waals surface area contributed by atoms with Gasteiger partial charge in [-0.05, 0) is 30.9 Å². The van der Waals surface area contributed by atoms with Crippen molar-refractivity contribution < 1.29 is 0 Å². The molecule has 0 saturated carbocycles. The summed E-state index contributed by atoms with van der Waals surface area (Å²) < 4.78 is 3.33. The number of aryl methyl sites for hydroxylation is 2. The van der Waals surface area contributed by atoms with Gasteiger partial charge in [0.25, 0.3) is 0 Å². The zero-order chi connectivity index (χ0) is 14.4. The molecule has 1 aliphatic heterocycles. The molecule has 108 valence electrons. The van der Waals surface area contributed by atoms with E-state index in [0.717, 1.165) is 41.4 Å². The van der Waals surface area contributed by atoms with Gasteiger partial charge >= 0.3 is 5.69 Å². The van der Waals surface area contributed by atoms with E-state index in [4.69, 9.17) is 5.73 Å². The van der Waals surface area contributed by atoms with Gasteiger partial charge in [-0.25, -0.2) is 4.79 Å². The van der Waals surface area contributed by atoms with Crippen molar-refractivity contribution in [1.82, 2.24) is 9.13 Å². The SMILES string of the molecule is CC1CCN(c2cc3c(cc2N)n(C)c(=O)n3C)CC1. The van der Waals surface area contributed by atoms with E-state index >= 15 is 0 Å². The van der Waals surface area contributed by atoms with Crippen molar-refractivity contribution in [2.75, 3.05) is 23.7 Å². The molecule has 2 aromatic rings. The van der Waals surface area contributed by atoms with E-state index in [1.54, 1.807) is 16.2 Å². The molecule has 0 bridgehead atoms. The Kier molecular flexibility index (Phi) is 3.00. The number of nitrogen functional groups attached to an aromatic ring is 1. The predicted molar refractivity (Wildman–Crippen MR) is 83.2 cm³/mol. The minimum absolute atomic E-state index is 0.0104. The molecule has 0 atom stereocenters. The maximum Gasteiger partial charge on any atom is 0.328 e. The third-order valence-electron chi connectivity index (χ3n) is 4.54. The van der Waals surface area contributed by atoms with Crippen LogP contribution in [0.3, 0.4) is 0 Å². The summed E-state index contributed by atoms with van der Waals surface area (Å²) in [5.74, 6) is 0.789. The molecule has 0 radical (unpaired) electrons. The fourth-order valence-corrected chi connectivity index (χ4v) is 3.07. The van der Waals surface area contributed by atoms with Crippen molar-refractivity contribution in [1.29, 1.82) is 0 Å². The smallest absolute Gasteiger partial charge is 0.328 e. The lowest BCUT2D eigenvalue weighted by Crippen LogP contribution is -2.33. The molecule has 0 unspecified atom stereocenters. The second-order valence-electron chi connectivity index (χ2n) is 5.97. The average molecular weight is 274 g/mol. The molecule has 5 nitrogen and oxygen atoms in total. The van der Waals surface area contributed by atoms with Crippen molar-refractivity contribution in [3.05, 3.63) is 22.6 Å². The number of piperidine rings is 1. The Morgan fingerprint density at radius 2 is 1.65 bits per heavy atom. The highest BCUT2D eigenvalue weighted by Crippen LogP contribution is 2.31. The number of hydrogen-bond acceptors (Lipinski definition) is 3. The summed E-state index contributed by atoms with van der Waals surface area (Å²) in [6.07, 6.45) is 2.40. The standard InChI is InChI=1S/C15H22N4O/c1-10-4-6-19(7-5-10)12-9-14-13(8-11(12)16)17(2)15(20)18(14)3/h8-10H,4-7,16H2,1-3H3. The number of fused-ring (bicyclic) bond motifs is 1. The number of rotatable bonds is 1. The first-order valence-electron chi connectivity index (χ1n) is 7.19. The van der Waals surface area contributed by atoms with Gasteiger partial charge in [0.05, 0.1) is 22.4 Å². The number of benzene rings is 1. The van der Waals surface area contributed by atoms with Crippen LogP contribution in [0.4, 0.5) is 11.4 Å². The van der Waals surface area contributed by atoms with Crippen LogP contribution in [0.15, 0.2) is 16.9 Å². The van der Waals surface area contributed by atoms with Crippen LogP contribution in [-0.4, -0.2) is 22.2 Å². The molecular weight excluding hydrogens is 252 g/mol. The number of anilines is 2. The number of hydrogen-bond donors (Lipinski definition) is 1. The van der Waals surface area contributed by atoms with Crippen molar-refractivity contribution in [3.63, 3.8) is 0 Å². The molecule has 20 heavy (non-hydrogen) atoms. The largest absolute Gasteiger partial charge is 0.397 e. The zero-order valence-corrected chi connectivity index (χ0v) is 12.4. The summed E-state index contributed by atoms with van der Waals surface area (Å²) >= 11 is 0. The Hall–Kier alpha value is -1.91. The van der Waals surface area contributed by atoms with Gasteiger partial charge in [-0.3, -0.25) is 9.13 Å². The monoisotopic (exact) mass is 274 g/mol. The van der Waals surface area contributed by atoms with E-state index in [1.807, 2.05) is 13.1 Å². The number of aromatic nitrogens is 2. The van der Waals surface area contributed by atoms with Crippen LogP contribution in [0.1, 0.15) is 19.8 Å². The Balaban J connectivity index is 2.10. The van der Waals surface area contributed by atoms with Gasteiger partial charge < -0.3 is 10.6 Å². The van der Waals surface area contributed by atoms with E-state index < -0.39 is 0 Å². The molecule has 0 amide bonds. The van der Waals surface area contributed by atoms with Gasteiger partial charge in [-0.2, -0.15) is 0 Å². The lowest BCUT2D eigenvalue weighted by molar-refractivity contribution is 0.439. The first-order valence-corrected chi connectivity index (χ1v) is 7.19. The minimum atomic E-state index is -0.0104. The molecule has 2 heterocycles. The van der Waals surface area contributed by atoms with E-state index in [1.165, 1.54) is 12.8 Å². The second-order valence-corrected chi connectivity index (χ2v) is 5.97. The highest BCUT2D eigenvalue weighted by Gasteiger charge is 2.19. The molecule has 1 fully saturated rings. The fraction of sp³-hybridized carbons (Fsp3) is 0.533. The van der Waals surface area contributed by atoms with Crippen molar-refractivity contribution in [2.24, 2.45) is 20.0 Å². The Morgan fingerprint density at radius 3 is 2.25 bits per heavy atom. The van der Waals surface area contributed by atoms with Crippen LogP contribution in [0.2, 0.25) is 0 Å². The van der Waals surface area contributed by atoms with Gasteiger partial charge in [0.2, 0.25) is 0 Å². The molecule has 1 aromatic carbocycles. The van der Waals surface area contributed by atoms with E-state index in [9.17, 15) is 4.79 Å². The summed E-state index contributed by atoms with van der Waals surface area (Å²) in [7, 11) is 3.59. The molecular formula is C15H22N4O. The summed E-state index contributed by atoms with van der Waals surface area (Å²) in [5.41, 5.74) is 9.86. The van der Waals surface area contributed by atoms with Crippen LogP contribution in [0.25, 0.3) is 11.0 Å². The maximum absolute atomic E-state index is 12.0. The first-order chi connectivity index (χ1) is 9.49. The van der Waals surface area contributed by atoms with Gasteiger partial charge in [-0.1, -0.05) is 6.92 Å². The van der Waals surface area contributed by atoms with Crippen LogP contribution in [0, 0.1) is 5.92 Å². The summed E-state index contributed by atoms with van der Waals surface area (Å²) in [6, 6.07) is 3.98. The lowest BCUT2D eigenvalue weighted by atomic mass is 9.98. The third kappa shape index (κ3) is 1.88. The highest BCUT2D eigenvalue weighted by molar-refractivity contribution is 5.87. The average Bonchev–Trinajstić information content (AvgIpc) is 2.64. The maximum atomic E-state index is 12.0. The number of nitrogens with two attached hydrogens (primary N) is 1. The summed E-state index contributed by atoms with van der Waals surface area (Å²) in [5, 5.41) is 0. The molecule has 1 aliphatic rings. The molecule has 3 rings (SSSR count). The molecule has 2 N–H and O–H groups in total. The molecule has 1 aromatic heterocycles. The van der Waals surface area contributed by atoms with Crippen molar-refractivity contribution in [3.8, 4) is 0 Å². The van der Waals surface area contributed by atoms with E-state index in [-0.39, 0.29) is 5.69 Å². The van der Waals surface area contributed by atoms with Gasteiger partial charge in [0, 0.05) is 27.2 Å². The van der Waals surface area contributed by atoms with Gasteiger partial charge in [0.15, 0.2) is 0 Å². The van der Waals surface area contributed by atoms with Crippen LogP contribution in [0.5, 0.6) is 0 Å². The molecule has 0 aliphatic carbocycles. The minimum Gasteiger partial charge on any atom is -0.397 e. The normalized spacial score (nSPS) is 17.1. The predicted octanol–water partition coefficient (Wildman–Crippen LogP) is 1.70. The second kappa shape index (κ2) is 4.58. The topological polar surface area (TPSA) is 56.2 Å². The molecule has 5 heteroatoms. The Labute approximate surface area is 118 Å². The number of imidazole rings is 1. The van der Waals surface area contributed by atoms with Gasteiger partial charge in [0.1, 0.15) is 0 Å². The summed E-state index contributed by atoms with van der Waals surface area (Å²) in [4.78, 5) is 14.3.